The van der Waals surface area contributed by atoms with E-state index in [1.807, 2.05) is 9.80 Å². The van der Waals surface area contributed by atoms with Gasteiger partial charge in [0, 0.05) is 36.6 Å². The molecule has 1 saturated heterocycles. The van der Waals surface area contributed by atoms with Crippen LogP contribution in [0.1, 0.15) is 41.8 Å². The van der Waals surface area contributed by atoms with Gasteiger partial charge in [0.15, 0.2) is 0 Å². The summed E-state index contributed by atoms with van der Waals surface area (Å²) in [7, 11) is 0. The zero-order chi connectivity index (χ0) is 19.9. The highest BCUT2D eigenvalue weighted by atomic mass is 32.1. The van der Waals surface area contributed by atoms with Crippen molar-refractivity contribution < 1.29 is 18.0 Å². The van der Waals surface area contributed by atoms with E-state index in [1.54, 1.807) is 11.3 Å². The van der Waals surface area contributed by atoms with Crippen LogP contribution in [0.25, 0.3) is 0 Å². The Morgan fingerprint density at radius 3 is 2.57 bits per heavy atom. The van der Waals surface area contributed by atoms with Crippen LogP contribution in [-0.2, 0) is 17.4 Å². The molecule has 1 fully saturated rings. The first-order valence-electron chi connectivity index (χ1n) is 9.49. The molecule has 0 spiro atoms. The molecule has 0 saturated carbocycles. The topological polar surface area (TPSA) is 36.4 Å². The minimum atomic E-state index is -4.38. The van der Waals surface area contributed by atoms with Crippen LogP contribution in [0.15, 0.2) is 29.8 Å². The molecule has 4 rings (SSSR count). The average molecular weight is 409 g/mol. The van der Waals surface area contributed by atoms with Crippen molar-refractivity contribution >= 4 is 23.1 Å². The van der Waals surface area contributed by atoms with Gasteiger partial charge in [0.2, 0.25) is 5.91 Å². The first-order chi connectivity index (χ1) is 13.3. The number of piperidine rings is 1. The van der Waals surface area contributed by atoms with E-state index >= 15 is 0 Å². The van der Waals surface area contributed by atoms with E-state index in [-0.39, 0.29) is 17.9 Å². The van der Waals surface area contributed by atoms with Gasteiger partial charge in [0.05, 0.1) is 11.6 Å². The Morgan fingerprint density at radius 2 is 1.93 bits per heavy atom. The second-order valence-corrected chi connectivity index (χ2v) is 8.42. The molecule has 2 aliphatic heterocycles. The highest BCUT2D eigenvalue weighted by Gasteiger charge is 2.35. The molecule has 0 aliphatic carbocycles. The molecule has 8 heteroatoms. The van der Waals surface area contributed by atoms with E-state index in [2.05, 4.69) is 23.4 Å². The van der Waals surface area contributed by atoms with Gasteiger partial charge in [0.25, 0.3) is 0 Å². The van der Waals surface area contributed by atoms with Crippen molar-refractivity contribution in [2.24, 2.45) is 5.92 Å². The molecule has 1 amide bonds. The lowest BCUT2D eigenvalue weighted by atomic mass is 9.92. The largest absolute Gasteiger partial charge is 0.417 e. The Balaban J connectivity index is 1.37. The SMILES string of the molecule is C[C@H]1c2ccsc2CCN1C(=O)C1CCN(c2ccc(C(F)(F)F)cn2)CC1. The quantitative estimate of drug-likeness (QED) is 0.732. The minimum Gasteiger partial charge on any atom is -0.357 e. The summed E-state index contributed by atoms with van der Waals surface area (Å²) in [6, 6.07) is 4.70. The zero-order valence-electron chi connectivity index (χ0n) is 15.6. The van der Waals surface area contributed by atoms with E-state index in [0.717, 1.165) is 25.2 Å². The number of fused-ring (bicyclic) bond motifs is 1. The molecule has 150 valence electrons. The third-order valence-electron chi connectivity index (χ3n) is 5.80. The number of hydrogen-bond donors (Lipinski definition) is 0. The molecule has 4 heterocycles. The number of alkyl halides is 3. The predicted molar refractivity (Wildman–Crippen MR) is 102 cm³/mol. The summed E-state index contributed by atoms with van der Waals surface area (Å²) in [4.78, 5) is 22.4. The van der Waals surface area contributed by atoms with Crippen LogP contribution < -0.4 is 4.90 Å². The number of rotatable bonds is 2. The van der Waals surface area contributed by atoms with Crippen molar-refractivity contribution in [1.82, 2.24) is 9.88 Å². The molecule has 0 unspecified atom stereocenters. The summed E-state index contributed by atoms with van der Waals surface area (Å²) in [5, 5.41) is 2.09. The first kappa shape index (κ1) is 19.2. The Bertz CT molecular complexity index is 841. The number of carbonyl (C=O) groups is 1. The van der Waals surface area contributed by atoms with Crippen LogP contribution in [0.5, 0.6) is 0 Å². The number of pyridine rings is 1. The van der Waals surface area contributed by atoms with Gasteiger partial charge in [0.1, 0.15) is 5.82 Å². The standard InChI is InChI=1S/C20H22F3N3OS/c1-13-16-7-11-28-17(16)6-10-26(13)19(27)14-4-8-25(9-5-14)18-3-2-15(12-24-18)20(21,22)23/h2-3,7,11-14H,4-6,8-10H2,1H3/t13-/m0/s1. The van der Waals surface area contributed by atoms with Crippen LogP contribution in [0, 0.1) is 5.92 Å². The number of anilines is 1. The maximum absolute atomic E-state index is 13.1. The van der Waals surface area contributed by atoms with Crippen molar-refractivity contribution in [1.29, 1.82) is 0 Å². The minimum absolute atomic E-state index is 0.0339. The Morgan fingerprint density at radius 1 is 1.18 bits per heavy atom. The maximum atomic E-state index is 13.1. The monoisotopic (exact) mass is 409 g/mol. The number of amides is 1. The smallest absolute Gasteiger partial charge is 0.357 e. The lowest BCUT2D eigenvalue weighted by molar-refractivity contribution is -0.139. The number of halogens is 3. The fourth-order valence-corrected chi connectivity index (χ4v) is 5.10. The van der Waals surface area contributed by atoms with Crippen molar-refractivity contribution in [3.8, 4) is 0 Å². The summed E-state index contributed by atoms with van der Waals surface area (Å²) in [5.74, 6) is 0.700. The predicted octanol–water partition coefficient (Wildman–Crippen LogP) is 4.52. The van der Waals surface area contributed by atoms with Gasteiger partial charge in [-0.05, 0) is 55.3 Å². The van der Waals surface area contributed by atoms with Gasteiger partial charge >= 0.3 is 6.18 Å². The lowest BCUT2D eigenvalue weighted by Crippen LogP contribution is -2.45. The fraction of sp³-hybridized carbons (Fsp3) is 0.500. The van der Waals surface area contributed by atoms with Crippen LogP contribution in [0.4, 0.5) is 19.0 Å². The second kappa shape index (κ2) is 7.39. The highest BCUT2D eigenvalue weighted by Crippen LogP contribution is 2.35. The highest BCUT2D eigenvalue weighted by molar-refractivity contribution is 7.10. The molecule has 0 aromatic carbocycles. The van der Waals surface area contributed by atoms with Gasteiger partial charge in [-0.15, -0.1) is 11.3 Å². The third-order valence-corrected chi connectivity index (χ3v) is 6.80. The van der Waals surface area contributed by atoms with Crippen LogP contribution in [-0.4, -0.2) is 35.4 Å². The van der Waals surface area contributed by atoms with E-state index in [0.29, 0.717) is 31.7 Å². The van der Waals surface area contributed by atoms with Gasteiger partial charge in [-0.25, -0.2) is 4.98 Å². The molecule has 2 aromatic rings. The number of thiophene rings is 1. The molecule has 2 aromatic heterocycles. The molecule has 2 aliphatic rings. The number of carbonyl (C=O) groups excluding carboxylic acids is 1. The summed E-state index contributed by atoms with van der Waals surface area (Å²) in [5.41, 5.74) is 0.518. The molecular formula is C20H22F3N3OS. The molecule has 1 atom stereocenters. The van der Waals surface area contributed by atoms with E-state index in [4.69, 9.17) is 0 Å². The van der Waals surface area contributed by atoms with Gasteiger partial charge in [-0.1, -0.05) is 0 Å². The molecular weight excluding hydrogens is 387 g/mol. The Kier molecular flexibility index (Phi) is 5.07. The van der Waals surface area contributed by atoms with Gasteiger partial charge in [-0.3, -0.25) is 4.79 Å². The number of aromatic nitrogens is 1. The van der Waals surface area contributed by atoms with Crippen molar-refractivity contribution in [2.45, 2.75) is 38.4 Å². The third kappa shape index (κ3) is 3.62. The number of hydrogen-bond acceptors (Lipinski definition) is 4. The molecule has 0 radical (unpaired) electrons. The first-order valence-corrected chi connectivity index (χ1v) is 10.4. The average Bonchev–Trinajstić information content (AvgIpc) is 3.17. The summed E-state index contributed by atoms with van der Waals surface area (Å²) in [6.45, 7) is 4.10. The number of nitrogens with zero attached hydrogens (tertiary/aromatic N) is 3. The summed E-state index contributed by atoms with van der Waals surface area (Å²) >= 11 is 1.76. The van der Waals surface area contributed by atoms with E-state index in [1.165, 1.54) is 16.5 Å². The molecule has 0 N–H and O–H groups in total. The Labute approximate surface area is 166 Å². The Hall–Kier alpha value is -2.09. The lowest BCUT2D eigenvalue weighted by Gasteiger charge is -2.39. The van der Waals surface area contributed by atoms with Crippen molar-refractivity contribution in [3.05, 3.63) is 45.8 Å². The van der Waals surface area contributed by atoms with Gasteiger partial charge in [-0.2, -0.15) is 13.2 Å². The van der Waals surface area contributed by atoms with Crippen molar-refractivity contribution in [3.63, 3.8) is 0 Å². The normalized spacial score (nSPS) is 20.9. The summed E-state index contributed by atoms with van der Waals surface area (Å²) < 4.78 is 38.1. The molecule has 0 bridgehead atoms. The van der Waals surface area contributed by atoms with Gasteiger partial charge < -0.3 is 9.80 Å². The molecule has 4 nitrogen and oxygen atoms in total. The van der Waals surface area contributed by atoms with E-state index < -0.39 is 11.7 Å². The fourth-order valence-electron chi connectivity index (χ4n) is 4.14. The van der Waals surface area contributed by atoms with Crippen molar-refractivity contribution in [2.75, 3.05) is 24.5 Å². The maximum Gasteiger partial charge on any atom is 0.417 e. The molecule has 28 heavy (non-hydrogen) atoms. The van der Waals surface area contributed by atoms with E-state index in [9.17, 15) is 18.0 Å². The zero-order valence-corrected chi connectivity index (χ0v) is 16.4. The van der Waals surface area contributed by atoms with Crippen LogP contribution >= 0.6 is 11.3 Å². The summed E-state index contributed by atoms with van der Waals surface area (Å²) in [6.07, 6.45) is -1.20. The van der Waals surface area contributed by atoms with Crippen LogP contribution in [0.2, 0.25) is 0 Å². The van der Waals surface area contributed by atoms with Crippen LogP contribution in [0.3, 0.4) is 0 Å². The second-order valence-electron chi connectivity index (χ2n) is 7.42.